The third kappa shape index (κ3) is 5.05. The molecule has 27 heavy (non-hydrogen) atoms. The number of benzene rings is 1. The van der Waals surface area contributed by atoms with Crippen LogP contribution < -0.4 is 5.32 Å². The molecule has 0 bridgehead atoms. The highest BCUT2D eigenvalue weighted by atomic mass is 35.5. The Labute approximate surface area is 163 Å². The average molecular weight is 388 g/mol. The number of aliphatic imine (C=N–C) groups is 1. The number of carbonyl (C=O) groups is 1. The second-order valence-corrected chi connectivity index (χ2v) is 6.75. The Balaban J connectivity index is 1.57. The highest BCUT2D eigenvalue weighted by Gasteiger charge is 2.19. The summed E-state index contributed by atoms with van der Waals surface area (Å²) in [5, 5.41) is 3.66. The summed E-state index contributed by atoms with van der Waals surface area (Å²) < 4.78 is 10.6. The first-order chi connectivity index (χ1) is 13.1. The van der Waals surface area contributed by atoms with Gasteiger partial charge in [-0.05, 0) is 36.2 Å². The lowest BCUT2D eigenvalue weighted by atomic mass is 10.1. The van der Waals surface area contributed by atoms with Crippen molar-refractivity contribution in [3.8, 4) is 0 Å². The number of halogens is 1. The van der Waals surface area contributed by atoms with Crippen LogP contribution in [0.2, 0.25) is 5.02 Å². The highest BCUT2D eigenvalue weighted by molar-refractivity contribution is 6.30. The van der Waals surface area contributed by atoms with Gasteiger partial charge in [0.15, 0.2) is 0 Å². The molecule has 1 aliphatic rings. The molecule has 0 saturated carbocycles. The lowest BCUT2D eigenvalue weighted by molar-refractivity contribution is -0.121. The normalized spacial score (nSPS) is 13.7. The smallest absolute Gasteiger partial charge is 0.226 e. The maximum absolute atomic E-state index is 12.4. The molecule has 142 valence electrons. The molecule has 0 radical (unpaired) electrons. The van der Waals surface area contributed by atoms with Gasteiger partial charge < -0.3 is 14.8 Å². The molecule has 7 heteroatoms. The van der Waals surface area contributed by atoms with Gasteiger partial charge >= 0.3 is 0 Å². The van der Waals surface area contributed by atoms with Crippen LogP contribution in [0, 0.1) is 0 Å². The number of hydrogen-bond acceptors (Lipinski definition) is 5. The van der Waals surface area contributed by atoms with E-state index in [1.165, 1.54) is 0 Å². The Kier molecular flexibility index (Phi) is 6.42. The summed E-state index contributed by atoms with van der Waals surface area (Å²) in [6.45, 7) is 3.43. The first-order valence-electron chi connectivity index (χ1n) is 8.76. The Morgan fingerprint density at radius 3 is 2.81 bits per heavy atom. The van der Waals surface area contributed by atoms with Crippen LogP contribution in [0.3, 0.4) is 0 Å². The van der Waals surface area contributed by atoms with E-state index >= 15 is 0 Å². The molecule has 1 amide bonds. The molecule has 1 aliphatic heterocycles. The molecule has 6 nitrogen and oxygen atoms in total. The van der Waals surface area contributed by atoms with Crippen molar-refractivity contribution in [3.05, 3.63) is 63.9 Å². The maximum Gasteiger partial charge on any atom is 0.226 e. The lowest BCUT2D eigenvalue weighted by Gasteiger charge is -2.14. The van der Waals surface area contributed by atoms with Gasteiger partial charge in [-0.25, -0.2) is 4.99 Å². The minimum atomic E-state index is -0.103. The third-order valence-electron chi connectivity index (χ3n) is 4.29. The van der Waals surface area contributed by atoms with Crippen molar-refractivity contribution in [2.75, 3.05) is 20.3 Å². The molecule has 3 rings (SSSR count). The molecule has 1 atom stereocenters. The van der Waals surface area contributed by atoms with Crippen LogP contribution >= 0.6 is 11.6 Å². The molecule has 1 aromatic carbocycles. The van der Waals surface area contributed by atoms with Gasteiger partial charge in [-0.3, -0.25) is 9.78 Å². The zero-order valence-electron chi connectivity index (χ0n) is 15.4. The molecule has 0 unspecified atom stereocenters. The van der Waals surface area contributed by atoms with Crippen molar-refractivity contribution in [3.63, 3.8) is 0 Å². The molecule has 0 fully saturated rings. The van der Waals surface area contributed by atoms with Crippen molar-refractivity contribution in [2.24, 2.45) is 4.99 Å². The predicted octanol–water partition coefficient (Wildman–Crippen LogP) is 3.08. The number of nitrogens with one attached hydrogen (secondary N) is 1. The molecule has 0 saturated heterocycles. The molecular weight excluding hydrogens is 366 g/mol. The fourth-order valence-corrected chi connectivity index (χ4v) is 2.97. The van der Waals surface area contributed by atoms with Gasteiger partial charge in [-0.2, -0.15) is 0 Å². The first-order valence-corrected chi connectivity index (χ1v) is 9.14. The number of carbonyl (C=O) groups excluding carboxylic acids is 1. The van der Waals surface area contributed by atoms with Crippen molar-refractivity contribution < 1.29 is 14.3 Å². The minimum Gasteiger partial charge on any atom is -0.475 e. The molecule has 2 heterocycles. The fourth-order valence-electron chi connectivity index (χ4n) is 2.85. The van der Waals surface area contributed by atoms with Gasteiger partial charge in [0.1, 0.15) is 6.61 Å². The summed E-state index contributed by atoms with van der Waals surface area (Å²) in [6, 6.07) is 9.25. The van der Waals surface area contributed by atoms with Crippen LogP contribution in [0.25, 0.3) is 0 Å². The first kappa shape index (κ1) is 19.3. The van der Waals surface area contributed by atoms with Crippen LogP contribution in [0.5, 0.6) is 0 Å². The minimum absolute atomic E-state index is 0.0830. The van der Waals surface area contributed by atoms with Gasteiger partial charge in [-0.1, -0.05) is 23.7 Å². The highest BCUT2D eigenvalue weighted by Crippen LogP contribution is 2.20. The van der Waals surface area contributed by atoms with Crippen molar-refractivity contribution in [1.82, 2.24) is 10.3 Å². The van der Waals surface area contributed by atoms with E-state index in [1.54, 1.807) is 13.3 Å². The van der Waals surface area contributed by atoms with Gasteiger partial charge in [0.05, 0.1) is 36.9 Å². The number of hydrogen-bond donors (Lipinski definition) is 1. The van der Waals surface area contributed by atoms with Crippen LogP contribution in [0.15, 0.2) is 41.5 Å². The molecule has 0 spiro atoms. The Hall–Kier alpha value is -2.44. The quantitative estimate of drug-likeness (QED) is 0.741. The van der Waals surface area contributed by atoms with Gasteiger partial charge in [0.25, 0.3) is 0 Å². The second-order valence-electron chi connectivity index (χ2n) is 6.31. The number of pyridine rings is 1. The largest absolute Gasteiger partial charge is 0.475 e. The predicted molar refractivity (Wildman–Crippen MR) is 104 cm³/mol. The van der Waals surface area contributed by atoms with Crippen LogP contribution in [0.4, 0.5) is 0 Å². The number of fused-ring (bicyclic) bond motifs is 1. The van der Waals surface area contributed by atoms with E-state index < -0.39 is 0 Å². The summed E-state index contributed by atoms with van der Waals surface area (Å²) >= 11 is 5.90. The summed E-state index contributed by atoms with van der Waals surface area (Å²) in [5.74, 6) is 0.502. The Morgan fingerprint density at radius 1 is 1.30 bits per heavy atom. The topological polar surface area (TPSA) is 72.8 Å². The standard InChI is InChI=1S/C20H22ClN3O3/c1-13(14-3-5-16(21)6-4-14)24-19(25)10-17-9-15-11-23-20(18(15)12-22-17)27-8-7-26-2/h3-6,9,12-13H,7-8,10-11H2,1-2H3,(H,24,25)/t13-/m1/s1. The molecule has 0 aliphatic carbocycles. The zero-order chi connectivity index (χ0) is 19.2. The van der Waals surface area contributed by atoms with Gasteiger partial charge in [-0.15, -0.1) is 0 Å². The second kappa shape index (κ2) is 8.97. The number of nitrogens with zero attached hydrogens (tertiary/aromatic N) is 2. The van der Waals surface area contributed by atoms with E-state index in [2.05, 4.69) is 15.3 Å². The SMILES string of the molecule is COCCOC1=NCc2cc(CC(=O)N[C@H](C)c3ccc(Cl)cc3)ncc21. The van der Waals surface area contributed by atoms with Crippen molar-refractivity contribution in [1.29, 1.82) is 0 Å². The van der Waals surface area contributed by atoms with Crippen LogP contribution in [-0.2, 0) is 27.2 Å². The molecular formula is C20H22ClN3O3. The van der Waals surface area contributed by atoms with Crippen LogP contribution in [-0.4, -0.2) is 37.1 Å². The number of methoxy groups -OCH3 is 1. The average Bonchev–Trinajstić information content (AvgIpc) is 3.04. The summed E-state index contributed by atoms with van der Waals surface area (Å²) in [6.07, 6.45) is 1.93. The number of amides is 1. The van der Waals surface area contributed by atoms with Crippen molar-refractivity contribution >= 4 is 23.4 Å². The van der Waals surface area contributed by atoms with E-state index in [4.69, 9.17) is 21.1 Å². The maximum atomic E-state index is 12.4. The van der Waals surface area contributed by atoms with E-state index in [0.29, 0.717) is 36.4 Å². The van der Waals surface area contributed by atoms with Gasteiger partial charge in [0.2, 0.25) is 11.8 Å². The van der Waals surface area contributed by atoms with E-state index in [1.807, 2.05) is 37.3 Å². The lowest BCUT2D eigenvalue weighted by Crippen LogP contribution is -2.28. The number of ether oxygens (including phenoxy) is 2. The summed E-state index contributed by atoms with van der Waals surface area (Å²) in [7, 11) is 1.63. The fraction of sp³-hybridized carbons (Fsp3) is 0.350. The summed E-state index contributed by atoms with van der Waals surface area (Å²) in [5.41, 5.74) is 3.61. The monoisotopic (exact) mass is 387 g/mol. The Bertz CT molecular complexity index is 837. The third-order valence-corrected chi connectivity index (χ3v) is 4.54. The summed E-state index contributed by atoms with van der Waals surface area (Å²) in [4.78, 5) is 21.1. The van der Waals surface area contributed by atoms with Crippen LogP contribution in [0.1, 0.15) is 35.3 Å². The van der Waals surface area contributed by atoms with E-state index in [9.17, 15) is 4.79 Å². The number of rotatable bonds is 7. The molecule has 2 aromatic rings. The van der Waals surface area contributed by atoms with Crippen molar-refractivity contribution in [2.45, 2.75) is 25.9 Å². The van der Waals surface area contributed by atoms with Gasteiger partial charge in [0, 0.05) is 18.3 Å². The molecule has 1 aromatic heterocycles. The molecule has 1 N–H and O–H groups in total. The number of aromatic nitrogens is 1. The zero-order valence-corrected chi connectivity index (χ0v) is 16.1. The Morgan fingerprint density at radius 2 is 2.07 bits per heavy atom. The van der Waals surface area contributed by atoms with E-state index in [0.717, 1.165) is 16.7 Å². The van der Waals surface area contributed by atoms with E-state index in [-0.39, 0.29) is 18.4 Å².